The third-order valence-electron chi connectivity index (χ3n) is 9.92. The largest absolute Gasteiger partial charge is 0.457 e. The van der Waals surface area contributed by atoms with E-state index >= 15 is 0 Å². The second-order valence-corrected chi connectivity index (χ2v) is 13.6. The minimum atomic E-state index is -2.10. The number of ether oxygens (including phenoxy) is 6. The number of benzene rings is 4. The highest BCUT2D eigenvalue weighted by Gasteiger charge is 2.63. The highest BCUT2D eigenvalue weighted by molar-refractivity contribution is 5.77. The van der Waals surface area contributed by atoms with Crippen molar-refractivity contribution in [2.24, 2.45) is 4.99 Å². The molecule has 1 saturated heterocycles. The van der Waals surface area contributed by atoms with Crippen LogP contribution in [0.15, 0.2) is 126 Å². The summed E-state index contributed by atoms with van der Waals surface area (Å²) < 4.78 is 39.0. The summed E-state index contributed by atoms with van der Waals surface area (Å²) >= 11 is 0. The maximum atomic E-state index is 11.1. The molecule has 4 aromatic rings. The van der Waals surface area contributed by atoms with Gasteiger partial charge < -0.3 is 54.2 Å². The van der Waals surface area contributed by atoms with Crippen molar-refractivity contribution in [1.29, 1.82) is 0 Å². The maximum Gasteiger partial charge on any atom is 0.285 e. The minimum Gasteiger partial charge on any atom is -0.457 e. The summed E-state index contributed by atoms with van der Waals surface area (Å²) in [5.74, 6) is 0. The molecule has 2 heterocycles. The second-order valence-electron chi connectivity index (χ2n) is 13.6. The number of amidine groups is 1. The van der Waals surface area contributed by atoms with Gasteiger partial charge in [0.2, 0.25) is 0 Å². The van der Waals surface area contributed by atoms with Gasteiger partial charge in [-0.05, 0) is 22.3 Å². The fourth-order valence-corrected chi connectivity index (χ4v) is 7.01. The highest BCUT2D eigenvalue weighted by atomic mass is 16.7. The molecule has 12 nitrogen and oxygen atoms in total. The van der Waals surface area contributed by atoms with Crippen LogP contribution in [0.5, 0.6) is 0 Å². The van der Waals surface area contributed by atoms with Crippen molar-refractivity contribution in [1.82, 2.24) is 5.32 Å². The Morgan fingerprint density at radius 1 is 0.660 bits per heavy atom. The molecule has 2 aliphatic heterocycles. The predicted octanol–water partition coefficient (Wildman–Crippen LogP) is 2.86. The molecule has 2 fully saturated rings. The van der Waals surface area contributed by atoms with E-state index in [0.717, 1.165) is 22.3 Å². The average Bonchev–Trinajstić information content (AvgIpc) is 3.71. The number of aliphatic hydroxyl groups is 4. The van der Waals surface area contributed by atoms with E-state index in [1.807, 2.05) is 121 Å². The van der Waals surface area contributed by atoms with Crippen LogP contribution in [-0.2, 0) is 54.8 Å². The molecular formula is C41H46N2O10. The smallest absolute Gasteiger partial charge is 0.285 e. The molecule has 1 saturated carbocycles. The first-order chi connectivity index (χ1) is 25.9. The van der Waals surface area contributed by atoms with Crippen molar-refractivity contribution >= 4 is 6.02 Å². The number of aliphatic imine (C=N–C) groups is 1. The first-order valence-electron chi connectivity index (χ1n) is 17.9. The molecule has 4 aromatic carbocycles. The average molecular weight is 727 g/mol. The molecule has 1 aliphatic carbocycles. The van der Waals surface area contributed by atoms with Crippen LogP contribution < -0.4 is 5.32 Å². The lowest BCUT2D eigenvalue weighted by Crippen LogP contribution is -2.66. The van der Waals surface area contributed by atoms with Crippen LogP contribution in [0.25, 0.3) is 0 Å². The standard InChI is InChI=1S/C41H46N2O10/c44-26-41(47)37-35(33(45)38(41)46)53-40(43-37)42-32-31(25-48-21-27-13-5-1-6-14-27)52-39(51-24-30-19-11-4-12-20-30)36(50-23-29-17-9-3-10-18-29)34(32)49-22-28-15-7-2-8-16-28/h1-20,31-39,44-47H,21-26H2,(H,42,43)/t31-,32-,33-,34+,35-,36-,37-,38+,39-,41+/m1/s1. The Bertz CT molecular complexity index is 1740. The van der Waals surface area contributed by atoms with Crippen molar-refractivity contribution in [2.45, 2.75) is 87.0 Å². The van der Waals surface area contributed by atoms with Gasteiger partial charge >= 0.3 is 0 Å². The Kier molecular flexibility index (Phi) is 12.1. The van der Waals surface area contributed by atoms with E-state index in [1.54, 1.807) is 0 Å². The molecule has 12 heteroatoms. The number of nitrogens with zero attached hydrogens (tertiary/aromatic N) is 1. The zero-order chi connectivity index (χ0) is 36.6. The van der Waals surface area contributed by atoms with Gasteiger partial charge in [0.15, 0.2) is 12.4 Å². The van der Waals surface area contributed by atoms with E-state index in [9.17, 15) is 20.4 Å². The lowest BCUT2D eigenvalue weighted by Gasteiger charge is -2.46. The molecule has 0 amide bonds. The van der Waals surface area contributed by atoms with Crippen molar-refractivity contribution < 1.29 is 48.8 Å². The summed E-state index contributed by atoms with van der Waals surface area (Å²) in [5, 5.41) is 45.7. The summed E-state index contributed by atoms with van der Waals surface area (Å²) in [6.45, 7) is 0.316. The molecule has 0 unspecified atom stereocenters. The normalized spacial score (nSPS) is 30.7. The van der Waals surface area contributed by atoms with E-state index in [2.05, 4.69) is 10.3 Å². The summed E-state index contributed by atoms with van der Waals surface area (Å²) in [5.41, 5.74) is 1.72. The highest BCUT2D eigenvalue weighted by Crippen LogP contribution is 2.39. The van der Waals surface area contributed by atoms with Crippen molar-refractivity contribution in [3.05, 3.63) is 144 Å². The molecule has 7 rings (SSSR count). The van der Waals surface area contributed by atoms with Gasteiger partial charge in [-0.1, -0.05) is 121 Å². The van der Waals surface area contributed by atoms with Gasteiger partial charge in [-0.2, -0.15) is 0 Å². The summed E-state index contributed by atoms with van der Waals surface area (Å²) in [6.07, 6.45) is -7.38. The number of fused-ring (bicyclic) bond motifs is 1. The van der Waals surface area contributed by atoms with Crippen LogP contribution in [0.4, 0.5) is 0 Å². The topological polar surface area (TPSA) is 161 Å². The number of aliphatic hydroxyl groups excluding tert-OH is 3. The molecule has 0 bridgehead atoms. The molecule has 53 heavy (non-hydrogen) atoms. The number of hydrogen-bond acceptors (Lipinski definition) is 12. The van der Waals surface area contributed by atoms with Crippen LogP contribution in [-0.4, -0.2) is 100 Å². The van der Waals surface area contributed by atoms with Gasteiger partial charge in [0, 0.05) is 0 Å². The van der Waals surface area contributed by atoms with Gasteiger partial charge in [-0.3, -0.25) is 0 Å². The number of nitrogens with one attached hydrogen (secondary N) is 1. The molecule has 0 spiro atoms. The van der Waals surface area contributed by atoms with Crippen molar-refractivity contribution in [3.8, 4) is 0 Å². The van der Waals surface area contributed by atoms with Crippen LogP contribution in [0.2, 0.25) is 0 Å². The predicted molar refractivity (Wildman–Crippen MR) is 193 cm³/mol. The van der Waals surface area contributed by atoms with Crippen LogP contribution >= 0.6 is 0 Å². The van der Waals surface area contributed by atoms with E-state index in [1.165, 1.54) is 0 Å². The molecule has 0 radical (unpaired) electrons. The fraction of sp³-hybridized carbons (Fsp3) is 0.390. The Labute approximate surface area is 308 Å². The fourth-order valence-electron chi connectivity index (χ4n) is 7.01. The third kappa shape index (κ3) is 8.62. The Morgan fingerprint density at radius 2 is 1.15 bits per heavy atom. The molecular weight excluding hydrogens is 680 g/mol. The molecule has 0 aromatic heterocycles. The number of rotatable bonds is 15. The molecule has 3 aliphatic rings. The molecule has 5 N–H and O–H groups in total. The van der Waals surface area contributed by atoms with E-state index < -0.39 is 67.2 Å². The molecule has 280 valence electrons. The van der Waals surface area contributed by atoms with Gasteiger partial charge in [-0.15, -0.1) is 0 Å². The SMILES string of the molecule is OC[C@]1(O)[C@@H]2N=C(N[C@H]3[C@H](OCc4ccccc4)[C@@H](OCc4ccccc4)[C@H](OCc4ccccc4)O[C@@H]3COCc3ccccc3)O[C@@H]2[C@@H](O)[C@@H]1O. The Morgan fingerprint density at radius 3 is 1.68 bits per heavy atom. The summed E-state index contributed by atoms with van der Waals surface area (Å²) in [4.78, 5) is 4.53. The van der Waals surface area contributed by atoms with E-state index in [4.69, 9.17) is 28.4 Å². The summed E-state index contributed by atoms with van der Waals surface area (Å²) in [7, 11) is 0. The third-order valence-corrected chi connectivity index (χ3v) is 9.92. The zero-order valence-corrected chi connectivity index (χ0v) is 29.2. The lowest BCUT2D eigenvalue weighted by atomic mass is 9.95. The minimum absolute atomic E-state index is 0.0155. The van der Waals surface area contributed by atoms with Gasteiger partial charge in [0.25, 0.3) is 6.02 Å². The van der Waals surface area contributed by atoms with Gasteiger partial charge in [0.1, 0.15) is 42.2 Å². The first-order valence-corrected chi connectivity index (χ1v) is 17.9. The zero-order valence-electron chi connectivity index (χ0n) is 29.2. The van der Waals surface area contributed by atoms with Crippen LogP contribution in [0.1, 0.15) is 22.3 Å². The lowest BCUT2D eigenvalue weighted by molar-refractivity contribution is -0.303. The van der Waals surface area contributed by atoms with Gasteiger partial charge in [0.05, 0.1) is 45.7 Å². The quantitative estimate of drug-likeness (QED) is 0.123. The van der Waals surface area contributed by atoms with Crippen molar-refractivity contribution in [3.63, 3.8) is 0 Å². The van der Waals surface area contributed by atoms with E-state index in [0.29, 0.717) is 6.61 Å². The first kappa shape index (κ1) is 37.1. The van der Waals surface area contributed by atoms with Crippen LogP contribution in [0, 0.1) is 0 Å². The number of hydrogen-bond donors (Lipinski definition) is 5. The Hall–Kier alpha value is -4.21. The monoisotopic (exact) mass is 726 g/mol. The van der Waals surface area contributed by atoms with Crippen molar-refractivity contribution in [2.75, 3.05) is 13.2 Å². The molecule has 10 atom stereocenters. The van der Waals surface area contributed by atoms with Gasteiger partial charge in [-0.25, -0.2) is 4.99 Å². The summed E-state index contributed by atoms with van der Waals surface area (Å²) in [6, 6.07) is 37.2. The maximum absolute atomic E-state index is 11.1. The van der Waals surface area contributed by atoms with E-state index in [-0.39, 0.29) is 32.4 Å². The Balaban J connectivity index is 1.22. The van der Waals surface area contributed by atoms with Crippen LogP contribution in [0.3, 0.4) is 0 Å². The second kappa shape index (κ2) is 17.3.